The third-order valence-corrected chi connectivity index (χ3v) is 3.57. The maximum absolute atomic E-state index is 12.1. The van der Waals surface area contributed by atoms with Gasteiger partial charge in [-0.3, -0.25) is 9.63 Å². The largest absolute Gasteiger partial charge is 0.488 e. The van der Waals surface area contributed by atoms with E-state index in [0.29, 0.717) is 22.0 Å². The molecule has 0 aliphatic heterocycles. The molecular weight excluding hydrogens is 325 g/mol. The number of fused-ring (bicyclic) bond motifs is 1. The van der Waals surface area contributed by atoms with Crippen molar-refractivity contribution in [2.45, 2.75) is 6.61 Å². The molecule has 0 aliphatic rings. The Hall–Kier alpha value is -2.94. The fraction of sp³-hybridized carbons (Fsp3) is 0.0588. The van der Waals surface area contributed by atoms with Crippen LogP contribution in [0, 0.1) is 0 Å². The zero-order valence-electron chi connectivity index (χ0n) is 13.0. The summed E-state index contributed by atoms with van der Waals surface area (Å²) in [6, 6.07) is 14.6. The first-order valence-electron chi connectivity index (χ1n) is 7.44. The summed E-state index contributed by atoms with van der Waals surface area (Å²) in [7, 11) is -1.54. The van der Waals surface area contributed by atoms with Crippen molar-refractivity contribution in [2.75, 3.05) is 0 Å². The van der Waals surface area contributed by atoms with Crippen molar-refractivity contribution in [3.63, 3.8) is 0 Å². The summed E-state index contributed by atoms with van der Waals surface area (Å²) in [5, 5.41) is 18.7. The summed E-state index contributed by atoms with van der Waals surface area (Å²) < 4.78 is 5.09. The third kappa shape index (κ3) is 3.94. The number of hydrogen-bond donors (Lipinski definition) is 3. The van der Waals surface area contributed by atoms with Crippen LogP contribution in [-0.4, -0.2) is 23.1 Å². The average molecular weight is 339 g/mol. The van der Waals surface area contributed by atoms with Gasteiger partial charge in [0.05, 0.1) is 6.61 Å². The van der Waals surface area contributed by atoms with E-state index in [2.05, 4.69) is 5.48 Å². The van der Waals surface area contributed by atoms with Crippen molar-refractivity contribution in [2.24, 2.45) is 0 Å². The molecule has 0 saturated carbocycles. The van der Waals surface area contributed by atoms with Crippen LogP contribution in [-0.2, 0) is 11.4 Å². The molecule has 0 spiro atoms. The predicted molar refractivity (Wildman–Crippen MR) is 91.0 cm³/mol. The van der Waals surface area contributed by atoms with Crippen LogP contribution < -0.4 is 16.6 Å². The van der Waals surface area contributed by atoms with Crippen LogP contribution in [0.25, 0.3) is 11.0 Å². The first kappa shape index (κ1) is 16.9. The normalized spacial score (nSPS) is 10.6. The lowest BCUT2D eigenvalue weighted by atomic mass is 9.80. The second kappa shape index (κ2) is 7.31. The van der Waals surface area contributed by atoms with Gasteiger partial charge in [0.1, 0.15) is 11.1 Å². The minimum atomic E-state index is -1.54. The Kier molecular flexibility index (Phi) is 4.94. The first-order valence-corrected chi connectivity index (χ1v) is 7.44. The molecule has 2 aromatic carbocycles. The topological polar surface area (TPSA) is 109 Å². The summed E-state index contributed by atoms with van der Waals surface area (Å²) in [5.74, 6) is -0.707. The minimum absolute atomic E-state index is 0.0481. The molecule has 1 aromatic heterocycles. The Bertz CT molecular complexity index is 951. The summed E-state index contributed by atoms with van der Waals surface area (Å²) in [5.41, 5.74) is 2.74. The molecule has 25 heavy (non-hydrogen) atoms. The van der Waals surface area contributed by atoms with Crippen LogP contribution in [0.2, 0.25) is 0 Å². The van der Waals surface area contributed by atoms with Crippen molar-refractivity contribution in [1.29, 1.82) is 0 Å². The van der Waals surface area contributed by atoms with Crippen LogP contribution in [0.1, 0.15) is 15.9 Å². The molecule has 0 fully saturated rings. The van der Waals surface area contributed by atoms with Gasteiger partial charge in [-0.25, -0.2) is 10.3 Å². The van der Waals surface area contributed by atoms with E-state index in [1.54, 1.807) is 36.4 Å². The number of para-hydroxylation sites is 1. The molecule has 3 rings (SSSR count). The quantitative estimate of drug-likeness (QED) is 0.351. The number of nitrogens with one attached hydrogen (secondary N) is 1. The van der Waals surface area contributed by atoms with Gasteiger partial charge in [0.15, 0.2) is 0 Å². The van der Waals surface area contributed by atoms with Gasteiger partial charge in [0.2, 0.25) is 0 Å². The van der Waals surface area contributed by atoms with E-state index in [1.807, 2.05) is 0 Å². The molecular formula is C17H14BNO6. The van der Waals surface area contributed by atoms with E-state index < -0.39 is 18.7 Å². The van der Waals surface area contributed by atoms with Gasteiger partial charge < -0.3 is 14.5 Å². The molecule has 7 nitrogen and oxygen atoms in total. The van der Waals surface area contributed by atoms with E-state index >= 15 is 0 Å². The number of carbonyl (C=O) groups is 1. The van der Waals surface area contributed by atoms with Gasteiger partial charge in [0, 0.05) is 5.39 Å². The number of hydroxylamine groups is 1. The van der Waals surface area contributed by atoms with E-state index in [4.69, 9.17) is 19.3 Å². The lowest BCUT2D eigenvalue weighted by molar-refractivity contribution is 0.0231. The molecule has 3 N–H and O–H groups in total. The van der Waals surface area contributed by atoms with Crippen molar-refractivity contribution >= 4 is 29.5 Å². The molecule has 8 heteroatoms. The molecule has 0 bridgehead atoms. The molecule has 3 aromatic rings. The monoisotopic (exact) mass is 339 g/mol. The highest BCUT2D eigenvalue weighted by molar-refractivity contribution is 6.58. The lowest BCUT2D eigenvalue weighted by Crippen LogP contribution is -2.30. The van der Waals surface area contributed by atoms with Gasteiger partial charge in [-0.1, -0.05) is 42.5 Å². The third-order valence-electron chi connectivity index (χ3n) is 3.57. The van der Waals surface area contributed by atoms with E-state index in [0.717, 1.165) is 0 Å². The molecule has 0 atom stereocenters. The van der Waals surface area contributed by atoms with Crippen LogP contribution in [0.3, 0.4) is 0 Å². The van der Waals surface area contributed by atoms with E-state index in [-0.39, 0.29) is 12.2 Å². The van der Waals surface area contributed by atoms with Crippen molar-refractivity contribution < 1.29 is 24.1 Å². The van der Waals surface area contributed by atoms with Crippen LogP contribution >= 0.6 is 0 Å². The van der Waals surface area contributed by atoms with Crippen molar-refractivity contribution in [1.82, 2.24) is 5.48 Å². The van der Waals surface area contributed by atoms with E-state index in [1.165, 1.54) is 18.2 Å². The summed E-state index contributed by atoms with van der Waals surface area (Å²) >= 11 is 0. The second-order valence-corrected chi connectivity index (χ2v) is 5.32. The number of rotatable bonds is 5. The highest BCUT2D eigenvalue weighted by atomic mass is 16.6. The lowest BCUT2D eigenvalue weighted by Gasteiger charge is -2.07. The summed E-state index contributed by atoms with van der Waals surface area (Å²) in [6.45, 7) is 0.0481. The maximum Gasteiger partial charge on any atom is 0.488 e. The molecule has 0 unspecified atom stereocenters. The molecule has 0 radical (unpaired) electrons. The second-order valence-electron chi connectivity index (χ2n) is 5.32. The fourth-order valence-corrected chi connectivity index (χ4v) is 2.25. The maximum atomic E-state index is 12.1. The smallest absolute Gasteiger partial charge is 0.423 e. The van der Waals surface area contributed by atoms with Gasteiger partial charge in [-0.2, -0.15) is 0 Å². The summed E-state index contributed by atoms with van der Waals surface area (Å²) in [6.07, 6.45) is 0. The van der Waals surface area contributed by atoms with Crippen LogP contribution in [0.4, 0.5) is 0 Å². The molecule has 0 saturated heterocycles. The van der Waals surface area contributed by atoms with Crippen LogP contribution in [0.5, 0.6) is 0 Å². The minimum Gasteiger partial charge on any atom is -0.423 e. The highest BCUT2D eigenvalue weighted by Gasteiger charge is 2.14. The van der Waals surface area contributed by atoms with E-state index in [9.17, 15) is 9.59 Å². The van der Waals surface area contributed by atoms with Gasteiger partial charge in [0.25, 0.3) is 5.91 Å². The zero-order valence-corrected chi connectivity index (χ0v) is 13.0. The number of amides is 1. The molecule has 0 aliphatic carbocycles. The molecule has 126 valence electrons. The Balaban J connectivity index is 1.64. The standard InChI is InChI=1S/C17H14BNO6/c20-16(14-9-12-3-1-2-4-15(12)25-17(14)21)19-24-10-11-5-7-13(8-6-11)18(22)23/h1-9,22-23H,10H2,(H,19,20). The Labute approximate surface area is 142 Å². The van der Waals surface area contributed by atoms with Gasteiger partial charge in [-0.05, 0) is 23.2 Å². The number of carbonyl (C=O) groups excluding carboxylic acids is 1. The van der Waals surface area contributed by atoms with Gasteiger partial charge >= 0.3 is 12.7 Å². The predicted octanol–water partition coefficient (Wildman–Crippen LogP) is 0.334. The number of hydrogen-bond acceptors (Lipinski definition) is 6. The SMILES string of the molecule is O=C(NOCc1ccc(B(O)O)cc1)c1cc2ccccc2oc1=O. The Morgan fingerprint density at radius 1 is 1.12 bits per heavy atom. The molecule has 1 heterocycles. The first-order chi connectivity index (χ1) is 12.0. The fourth-order valence-electron chi connectivity index (χ4n) is 2.25. The highest BCUT2D eigenvalue weighted by Crippen LogP contribution is 2.12. The Morgan fingerprint density at radius 3 is 2.56 bits per heavy atom. The molecule has 1 amide bonds. The van der Waals surface area contributed by atoms with Crippen molar-refractivity contribution in [3.05, 3.63) is 76.1 Å². The average Bonchev–Trinajstić information content (AvgIpc) is 2.61. The Morgan fingerprint density at radius 2 is 1.84 bits per heavy atom. The van der Waals surface area contributed by atoms with Gasteiger partial charge in [-0.15, -0.1) is 0 Å². The zero-order chi connectivity index (χ0) is 17.8. The van der Waals surface area contributed by atoms with Crippen molar-refractivity contribution in [3.8, 4) is 0 Å². The van der Waals surface area contributed by atoms with Crippen LogP contribution in [0.15, 0.2) is 63.8 Å². The number of benzene rings is 2. The summed E-state index contributed by atoms with van der Waals surface area (Å²) in [4.78, 5) is 29.1.